The molecule has 1 aromatic heterocycles. The number of aromatic hydroxyl groups is 1. The Kier molecular flexibility index (Phi) is 3.00. The SMILES string of the molecule is Oc1c(C=Nc2ncn[nH]2)cc(Br)c2ccccc12. The first-order chi connectivity index (χ1) is 9.25. The molecule has 1 heterocycles. The second-order valence-corrected chi connectivity index (χ2v) is 4.76. The molecule has 6 heteroatoms. The molecule has 0 amide bonds. The van der Waals surface area contributed by atoms with Crippen LogP contribution in [0.25, 0.3) is 10.8 Å². The standard InChI is InChI=1S/C13H9BrN4O/c14-11-5-8(6-15-13-16-7-17-18-13)12(19)10-4-2-1-3-9(10)11/h1-7,19H,(H,16,17,18). The zero-order valence-electron chi connectivity index (χ0n) is 9.71. The number of benzene rings is 2. The van der Waals surface area contributed by atoms with E-state index in [0.717, 1.165) is 15.2 Å². The lowest BCUT2D eigenvalue weighted by Gasteiger charge is -2.06. The first-order valence-corrected chi connectivity index (χ1v) is 6.34. The van der Waals surface area contributed by atoms with Crippen molar-refractivity contribution in [2.24, 2.45) is 4.99 Å². The van der Waals surface area contributed by atoms with Gasteiger partial charge in [-0.15, -0.1) is 0 Å². The van der Waals surface area contributed by atoms with Crippen molar-refractivity contribution in [2.45, 2.75) is 0 Å². The third-order valence-corrected chi connectivity index (χ3v) is 3.38. The number of H-pyrrole nitrogens is 1. The predicted molar refractivity (Wildman–Crippen MR) is 76.9 cm³/mol. The normalized spacial score (nSPS) is 11.4. The molecule has 0 bridgehead atoms. The van der Waals surface area contributed by atoms with Crippen LogP contribution in [0, 0.1) is 0 Å². The number of halogens is 1. The summed E-state index contributed by atoms with van der Waals surface area (Å²) in [6, 6.07) is 9.43. The summed E-state index contributed by atoms with van der Waals surface area (Å²) in [5.41, 5.74) is 0.613. The van der Waals surface area contributed by atoms with E-state index >= 15 is 0 Å². The van der Waals surface area contributed by atoms with Gasteiger partial charge in [-0.05, 0) is 11.5 Å². The van der Waals surface area contributed by atoms with Crippen molar-refractivity contribution in [3.05, 3.63) is 46.7 Å². The maximum absolute atomic E-state index is 10.2. The molecular formula is C13H9BrN4O. The van der Waals surface area contributed by atoms with Crippen molar-refractivity contribution in [2.75, 3.05) is 0 Å². The number of fused-ring (bicyclic) bond motifs is 1. The number of nitrogens with one attached hydrogen (secondary N) is 1. The summed E-state index contributed by atoms with van der Waals surface area (Å²) < 4.78 is 0.903. The Hall–Kier alpha value is -2.21. The molecule has 19 heavy (non-hydrogen) atoms. The summed E-state index contributed by atoms with van der Waals surface area (Å²) in [6.45, 7) is 0. The number of nitrogens with zero attached hydrogens (tertiary/aromatic N) is 3. The lowest BCUT2D eigenvalue weighted by Crippen LogP contribution is -1.86. The third kappa shape index (κ3) is 2.22. The van der Waals surface area contributed by atoms with Gasteiger partial charge in [0.1, 0.15) is 12.1 Å². The Morgan fingerprint density at radius 2 is 2.05 bits per heavy atom. The fraction of sp³-hybridized carbons (Fsp3) is 0. The number of hydrogen-bond acceptors (Lipinski definition) is 4. The Bertz CT molecular complexity index is 753. The Balaban J connectivity index is 2.12. The summed E-state index contributed by atoms with van der Waals surface area (Å²) in [7, 11) is 0. The summed E-state index contributed by atoms with van der Waals surface area (Å²) in [4.78, 5) is 8.00. The molecule has 0 fully saturated rings. The largest absolute Gasteiger partial charge is 0.507 e. The molecule has 0 unspecified atom stereocenters. The smallest absolute Gasteiger partial charge is 0.245 e. The van der Waals surface area contributed by atoms with Crippen LogP contribution in [0.4, 0.5) is 5.95 Å². The van der Waals surface area contributed by atoms with E-state index < -0.39 is 0 Å². The predicted octanol–water partition coefficient (Wildman–Crippen LogP) is 3.18. The molecule has 0 aliphatic heterocycles. The molecule has 0 saturated heterocycles. The minimum Gasteiger partial charge on any atom is -0.507 e. The second-order valence-electron chi connectivity index (χ2n) is 3.91. The number of aromatic amines is 1. The van der Waals surface area contributed by atoms with Gasteiger partial charge in [0.2, 0.25) is 5.95 Å². The van der Waals surface area contributed by atoms with Gasteiger partial charge in [-0.25, -0.2) is 10.1 Å². The van der Waals surface area contributed by atoms with Crippen molar-refractivity contribution in [3.63, 3.8) is 0 Å². The monoisotopic (exact) mass is 316 g/mol. The van der Waals surface area contributed by atoms with E-state index in [1.165, 1.54) is 6.33 Å². The minimum atomic E-state index is 0.196. The zero-order valence-corrected chi connectivity index (χ0v) is 11.3. The molecule has 94 valence electrons. The van der Waals surface area contributed by atoms with E-state index in [2.05, 4.69) is 36.1 Å². The van der Waals surface area contributed by atoms with Gasteiger partial charge < -0.3 is 5.11 Å². The zero-order chi connectivity index (χ0) is 13.2. The molecule has 3 rings (SSSR count). The van der Waals surface area contributed by atoms with Gasteiger partial charge in [-0.1, -0.05) is 40.2 Å². The molecule has 0 aliphatic rings. The summed E-state index contributed by atoms with van der Waals surface area (Å²) in [5.74, 6) is 0.589. The van der Waals surface area contributed by atoms with Crippen molar-refractivity contribution in [1.82, 2.24) is 15.2 Å². The van der Waals surface area contributed by atoms with Crippen LogP contribution in [-0.2, 0) is 0 Å². The molecule has 0 spiro atoms. The molecule has 2 N–H and O–H groups in total. The average molecular weight is 317 g/mol. The minimum absolute atomic E-state index is 0.196. The number of hydrogen-bond donors (Lipinski definition) is 2. The van der Waals surface area contributed by atoms with Gasteiger partial charge >= 0.3 is 0 Å². The van der Waals surface area contributed by atoms with Crippen LogP contribution in [0.15, 0.2) is 46.1 Å². The first kappa shape index (κ1) is 11.9. The van der Waals surface area contributed by atoms with Gasteiger partial charge in [0.15, 0.2) is 0 Å². The van der Waals surface area contributed by atoms with Crippen molar-refractivity contribution < 1.29 is 5.11 Å². The van der Waals surface area contributed by atoms with Gasteiger partial charge in [0.25, 0.3) is 0 Å². The van der Waals surface area contributed by atoms with Crippen molar-refractivity contribution in [3.8, 4) is 5.75 Å². The fourth-order valence-corrected chi connectivity index (χ4v) is 2.42. The van der Waals surface area contributed by atoms with E-state index in [1.54, 1.807) is 6.21 Å². The number of aromatic nitrogens is 3. The quantitative estimate of drug-likeness (QED) is 0.713. The van der Waals surface area contributed by atoms with Crippen LogP contribution in [0.3, 0.4) is 0 Å². The van der Waals surface area contributed by atoms with Crippen molar-refractivity contribution >= 4 is 38.9 Å². The van der Waals surface area contributed by atoms with Crippen LogP contribution in [-0.4, -0.2) is 26.5 Å². The molecule has 5 nitrogen and oxygen atoms in total. The highest BCUT2D eigenvalue weighted by molar-refractivity contribution is 9.10. The number of phenolic OH excluding ortho intramolecular Hbond substituents is 1. The van der Waals surface area contributed by atoms with Crippen LogP contribution in [0.5, 0.6) is 5.75 Å². The Labute approximate surface area is 117 Å². The fourth-order valence-electron chi connectivity index (χ4n) is 1.83. The lowest BCUT2D eigenvalue weighted by atomic mass is 10.1. The summed E-state index contributed by atoms with van der Waals surface area (Å²) in [5, 5.41) is 18.3. The van der Waals surface area contributed by atoms with Gasteiger partial charge in [-0.2, -0.15) is 10.1 Å². The highest BCUT2D eigenvalue weighted by Crippen LogP contribution is 2.33. The molecular weight excluding hydrogens is 308 g/mol. The maximum Gasteiger partial charge on any atom is 0.245 e. The number of rotatable bonds is 2. The molecule has 0 aliphatic carbocycles. The topological polar surface area (TPSA) is 74.2 Å². The first-order valence-electron chi connectivity index (χ1n) is 5.55. The van der Waals surface area contributed by atoms with Crippen molar-refractivity contribution in [1.29, 1.82) is 0 Å². The highest BCUT2D eigenvalue weighted by Gasteiger charge is 2.08. The van der Waals surface area contributed by atoms with Gasteiger partial charge in [0, 0.05) is 21.6 Å². The van der Waals surface area contributed by atoms with Crippen LogP contribution >= 0.6 is 15.9 Å². The third-order valence-electron chi connectivity index (χ3n) is 2.72. The number of phenols is 1. The second kappa shape index (κ2) is 4.81. The summed E-state index contributed by atoms with van der Waals surface area (Å²) in [6.07, 6.45) is 2.93. The maximum atomic E-state index is 10.2. The highest BCUT2D eigenvalue weighted by atomic mass is 79.9. The molecule has 2 aromatic carbocycles. The summed E-state index contributed by atoms with van der Waals surface area (Å²) >= 11 is 3.49. The van der Waals surface area contributed by atoms with E-state index in [1.807, 2.05) is 30.3 Å². The number of aliphatic imine (C=N–C) groups is 1. The Morgan fingerprint density at radius 3 is 2.79 bits per heavy atom. The van der Waals surface area contributed by atoms with Gasteiger partial charge in [-0.3, -0.25) is 0 Å². The lowest BCUT2D eigenvalue weighted by molar-refractivity contribution is 0.481. The molecule has 0 atom stereocenters. The Morgan fingerprint density at radius 1 is 1.26 bits per heavy atom. The van der Waals surface area contributed by atoms with Crippen LogP contribution < -0.4 is 0 Å². The van der Waals surface area contributed by atoms with E-state index in [4.69, 9.17) is 0 Å². The average Bonchev–Trinajstić information content (AvgIpc) is 2.95. The van der Waals surface area contributed by atoms with E-state index in [-0.39, 0.29) is 5.75 Å². The van der Waals surface area contributed by atoms with Crippen LogP contribution in [0.1, 0.15) is 5.56 Å². The van der Waals surface area contributed by atoms with Gasteiger partial charge in [0.05, 0.1) is 0 Å². The van der Waals surface area contributed by atoms with E-state index in [0.29, 0.717) is 11.5 Å². The van der Waals surface area contributed by atoms with E-state index in [9.17, 15) is 5.11 Å². The molecule has 0 radical (unpaired) electrons. The van der Waals surface area contributed by atoms with Crippen LogP contribution in [0.2, 0.25) is 0 Å². The molecule has 3 aromatic rings. The molecule has 0 saturated carbocycles.